The second kappa shape index (κ2) is 10.7. The fraction of sp³-hybridized carbons (Fsp3) is 1.00. The molecule has 0 aromatic heterocycles. The maximum atomic E-state index is 4.95. The minimum atomic E-state index is -0.222. The molecule has 0 aliphatic carbocycles. The van der Waals surface area contributed by atoms with Gasteiger partial charge < -0.3 is 11.0 Å². The van der Waals surface area contributed by atoms with Gasteiger partial charge in [-0.15, -0.1) is 0 Å². The summed E-state index contributed by atoms with van der Waals surface area (Å²) in [6.07, 6.45) is 2.81. The quantitative estimate of drug-likeness (QED) is 0.480. The molecule has 0 atom stereocenters. The number of nitrogens with zero attached hydrogens (tertiary/aromatic N) is 1. The third-order valence-electron chi connectivity index (χ3n) is 1.71. The topological polar surface area (TPSA) is 87.5 Å². The average molecular weight is 302 g/mol. The molecule has 0 bridgehead atoms. The van der Waals surface area contributed by atoms with Crippen LogP contribution in [0.2, 0.25) is 0 Å². The Morgan fingerprint density at radius 3 is 2.46 bits per heavy atom. The summed E-state index contributed by atoms with van der Waals surface area (Å²) in [5, 5.41) is 0. The van der Waals surface area contributed by atoms with E-state index in [0.717, 1.165) is 13.2 Å². The Kier molecular flexibility index (Phi) is 13.2. The van der Waals surface area contributed by atoms with Gasteiger partial charge in [0, 0.05) is 0 Å². The fourth-order valence-electron chi connectivity index (χ4n) is 1.10. The summed E-state index contributed by atoms with van der Waals surface area (Å²) in [5.41, 5.74) is 0. The van der Waals surface area contributed by atoms with E-state index in [2.05, 4.69) is 6.53 Å². The average Bonchev–Trinajstić information content (AvgIpc) is 2.50. The van der Waals surface area contributed by atoms with Gasteiger partial charge >= 0.3 is 79.6 Å². The van der Waals surface area contributed by atoms with Crippen LogP contribution in [-0.4, -0.2) is 69.5 Å². The third kappa shape index (κ3) is 7.67. The first-order valence-corrected chi connectivity index (χ1v) is 6.52. The van der Waals surface area contributed by atoms with Crippen molar-refractivity contribution < 1.29 is 15.7 Å². The molecule has 1 saturated heterocycles. The van der Waals surface area contributed by atoms with E-state index in [1.54, 1.807) is 7.11 Å². The Balaban J connectivity index is 0. The van der Waals surface area contributed by atoms with Crippen molar-refractivity contribution in [3.8, 4) is 0 Å². The van der Waals surface area contributed by atoms with Gasteiger partial charge in [0.2, 0.25) is 0 Å². The minimum absolute atomic E-state index is 0. The van der Waals surface area contributed by atoms with Gasteiger partial charge in [-0.2, -0.15) is 0 Å². The number of nitrogens with one attached hydrogen (secondary N) is 1. The van der Waals surface area contributed by atoms with E-state index in [0.29, 0.717) is 0 Å². The van der Waals surface area contributed by atoms with Gasteiger partial charge in [0.1, 0.15) is 0 Å². The first-order valence-electron chi connectivity index (χ1n) is 4.11. The molecule has 1 aliphatic heterocycles. The second-order valence-corrected chi connectivity index (χ2v) is 5.75. The van der Waals surface area contributed by atoms with E-state index in [4.69, 9.17) is 4.74 Å². The summed E-state index contributed by atoms with van der Waals surface area (Å²) < 4.78 is 11.0. The largest absolute Gasteiger partial charge is 0.412 e. The van der Waals surface area contributed by atoms with E-state index >= 15 is 0 Å². The molecule has 0 aromatic rings. The van der Waals surface area contributed by atoms with Crippen molar-refractivity contribution in [2.45, 2.75) is 12.8 Å². The van der Waals surface area contributed by atoms with E-state index in [9.17, 15) is 0 Å². The molecule has 0 amide bonds. The maximum absolute atomic E-state index is 4.95. The molecular formula is C7H20N2O3Sb. The van der Waals surface area contributed by atoms with Crippen LogP contribution in [0.1, 0.15) is 12.8 Å². The van der Waals surface area contributed by atoms with Crippen LogP contribution in [0.25, 0.3) is 0 Å². The second-order valence-electron chi connectivity index (χ2n) is 2.66. The molecule has 0 unspecified atom stereocenters. The van der Waals surface area contributed by atoms with Crippen LogP contribution < -0.4 is 3.48 Å². The van der Waals surface area contributed by atoms with Crippen LogP contribution in [0, 0.1) is 0 Å². The van der Waals surface area contributed by atoms with Gasteiger partial charge in [-0.05, 0) is 0 Å². The Morgan fingerprint density at radius 2 is 1.92 bits per heavy atom. The zero-order valence-electron chi connectivity index (χ0n) is 8.05. The van der Waals surface area contributed by atoms with Crippen molar-refractivity contribution in [3.05, 3.63) is 0 Å². The maximum Gasteiger partial charge on any atom is -0.412 e. The van der Waals surface area contributed by atoms with Gasteiger partial charge in [-0.3, -0.25) is 0 Å². The standard InChI is InChI=1S/C4H8N.C3H8NO.2H2O.Sb/c1-2-4-5-3-1;1-5-3-2-4;;;/h1-4H2;4H,2-3H2,1H3;2*1H2;/q2*-1;;;+2. The zero-order valence-corrected chi connectivity index (χ0v) is 10.6. The summed E-state index contributed by atoms with van der Waals surface area (Å²) in [6.45, 7) is 4.54. The van der Waals surface area contributed by atoms with Gasteiger partial charge in [-0.25, -0.2) is 0 Å². The molecule has 81 valence electrons. The van der Waals surface area contributed by atoms with Crippen LogP contribution in [0.3, 0.4) is 0 Å². The third-order valence-corrected chi connectivity index (χ3v) is 4.70. The summed E-state index contributed by atoms with van der Waals surface area (Å²) in [5.74, 6) is 0. The van der Waals surface area contributed by atoms with Gasteiger partial charge in [0.15, 0.2) is 0 Å². The predicted molar refractivity (Wildman–Crippen MR) is 53.7 cm³/mol. The Bertz CT molecular complexity index is 102. The number of hydrogen-bond acceptors (Lipinski definition) is 3. The molecule has 1 fully saturated rings. The SMILES string of the molecule is COCC[NH][Sb][N]1CCCC1.O.O. The van der Waals surface area contributed by atoms with Crippen molar-refractivity contribution in [1.82, 2.24) is 6.53 Å². The number of rotatable bonds is 5. The normalized spacial score (nSPS) is 16.4. The first kappa shape index (κ1) is 16.1. The first-order chi connectivity index (χ1) is 5.43. The zero-order chi connectivity index (χ0) is 7.94. The molecule has 1 rings (SSSR count). The van der Waals surface area contributed by atoms with Crippen molar-refractivity contribution in [3.63, 3.8) is 0 Å². The summed E-state index contributed by atoms with van der Waals surface area (Å²) >= 11 is -0.222. The van der Waals surface area contributed by atoms with Gasteiger partial charge in [0.25, 0.3) is 0 Å². The molecule has 6 heteroatoms. The molecule has 0 aromatic carbocycles. The Hall–Kier alpha value is 0.618. The molecular weight excluding hydrogens is 282 g/mol. The Morgan fingerprint density at radius 1 is 1.31 bits per heavy atom. The van der Waals surface area contributed by atoms with E-state index < -0.39 is 0 Å². The molecule has 13 heavy (non-hydrogen) atoms. The summed E-state index contributed by atoms with van der Waals surface area (Å²) in [6, 6.07) is 0. The molecule has 5 nitrogen and oxygen atoms in total. The molecule has 0 saturated carbocycles. The van der Waals surface area contributed by atoms with Crippen LogP contribution >= 0.6 is 0 Å². The van der Waals surface area contributed by atoms with Crippen LogP contribution in [-0.2, 0) is 4.74 Å². The van der Waals surface area contributed by atoms with Crippen LogP contribution in [0.15, 0.2) is 0 Å². The summed E-state index contributed by atoms with van der Waals surface area (Å²) in [4.78, 5) is 0. The smallest absolute Gasteiger partial charge is 0.412 e. The number of ether oxygens (including phenoxy) is 1. The van der Waals surface area contributed by atoms with Crippen molar-refractivity contribution >= 4 is 22.2 Å². The molecule has 5 N–H and O–H groups in total. The van der Waals surface area contributed by atoms with Crippen LogP contribution in [0.4, 0.5) is 0 Å². The monoisotopic (exact) mass is 301 g/mol. The number of methoxy groups -OCH3 is 1. The van der Waals surface area contributed by atoms with E-state index in [-0.39, 0.29) is 33.1 Å². The Labute approximate surface area is 90.7 Å². The van der Waals surface area contributed by atoms with Gasteiger partial charge in [-0.1, -0.05) is 0 Å². The predicted octanol–water partition coefficient (Wildman–Crippen LogP) is -1.80. The van der Waals surface area contributed by atoms with Crippen molar-refractivity contribution in [1.29, 1.82) is 0 Å². The van der Waals surface area contributed by atoms with Crippen molar-refractivity contribution in [2.24, 2.45) is 0 Å². The fourth-order valence-corrected chi connectivity index (χ4v) is 3.59. The van der Waals surface area contributed by atoms with Crippen molar-refractivity contribution in [2.75, 3.05) is 33.4 Å². The minimum Gasteiger partial charge on any atom is -0.412 e. The van der Waals surface area contributed by atoms with Gasteiger partial charge in [0.05, 0.1) is 0 Å². The van der Waals surface area contributed by atoms with Crippen LogP contribution in [0.5, 0.6) is 0 Å². The van der Waals surface area contributed by atoms with E-state index in [1.165, 1.54) is 25.9 Å². The number of hydrogen-bond donors (Lipinski definition) is 1. The molecule has 1 heterocycles. The summed E-state index contributed by atoms with van der Waals surface area (Å²) in [7, 11) is 1.75. The molecule has 1 radical (unpaired) electrons. The molecule has 0 spiro atoms. The molecule has 1 aliphatic rings. The van der Waals surface area contributed by atoms with E-state index in [1.807, 2.05) is 0 Å².